The van der Waals surface area contributed by atoms with Crippen molar-refractivity contribution in [2.24, 2.45) is 5.92 Å². The number of likely N-dealkylation sites (N-methyl/N-ethyl adjacent to an activating group) is 1. The zero-order valence-corrected chi connectivity index (χ0v) is 11.9. The van der Waals surface area contributed by atoms with Crippen LogP contribution in [0.2, 0.25) is 0 Å². The van der Waals surface area contributed by atoms with E-state index in [1.54, 1.807) is 0 Å². The molecule has 1 aliphatic heterocycles. The number of nitriles is 1. The molecule has 3 heteroatoms. The van der Waals surface area contributed by atoms with E-state index in [1.165, 1.54) is 12.8 Å². The fourth-order valence-corrected chi connectivity index (χ4v) is 2.75. The highest BCUT2D eigenvalue weighted by Crippen LogP contribution is 2.24. The minimum absolute atomic E-state index is 0.595. The zero-order chi connectivity index (χ0) is 13.7. The highest BCUT2D eigenvalue weighted by atomic mass is 15.2. The Kier molecular flexibility index (Phi) is 4.57. The Morgan fingerprint density at radius 3 is 2.47 bits per heavy atom. The molecule has 19 heavy (non-hydrogen) atoms. The molecule has 0 bridgehead atoms. The first-order valence-corrected chi connectivity index (χ1v) is 7.08. The van der Waals surface area contributed by atoms with Gasteiger partial charge in [0.25, 0.3) is 0 Å². The van der Waals surface area contributed by atoms with E-state index in [4.69, 9.17) is 0 Å². The third-order valence-electron chi connectivity index (χ3n) is 4.22. The second-order valence-electron chi connectivity index (χ2n) is 5.59. The van der Waals surface area contributed by atoms with Crippen molar-refractivity contribution in [1.82, 2.24) is 10.2 Å². The Morgan fingerprint density at radius 1 is 1.32 bits per heavy atom. The van der Waals surface area contributed by atoms with Crippen molar-refractivity contribution < 1.29 is 0 Å². The van der Waals surface area contributed by atoms with E-state index >= 15 is 0 Å². The van der Waals surface area contributed by atoms with Crippen molar-refractivity contribution in [3.63, 3.8) is 0 Å². The predicted octanol–water partition coefficient (Wildman–Crippen LogP) is 2.36. The standard InChI is InChI=1S/C16H23N3/c1-14-8-10-19(11-9-14)13-16(12-17,18-2)15-6-4-3-5-7-15/h3-7,14,18H,8-11,13H2,1-2H3. The van der Waals surface area contributed by atoms with Gasteiger partial charge in [0, 0.05) is 6.54 Å². The van der Waals surface area contributed by atoms with Crippen molar-refractivity contribution in [3.05, 3.63) is 35.9 Å². The van der Waals surface area contributed by atoms with Crippen molar-refractivity contribution in [2.45, 2.75) is 25.3 Å². The normalized spacial score (nSPS) is 20.7. The van der Waals surface area contributed by atoms with Crippen LogP contribution in [0.5, 0.6) is 0 Å². The number of likely N-dealkylation sites (tertiary alicyclic amines) is 1. The molecule has 3 nitrogen and oxygen atoms in total. The number of piperidine rings is 1. The van der Waals surface area contributed by atoms with Crippen LogP contribution in [0.3, 0.4) is 0 Å². The van der Waals surface area contributed by atoms with E-state index in [0.29, 0.717) is 0 Å². The van der Waals surface area contributed by atoms with E-state index in [1.807, 2.05) is 37.4 Å². The number of hydrogen-bond acceptors (Lipinski definition) is 3. The minimum atomic E-state index is -0.595. The third-order valence-corrected chi connectivity index (χ3v) is 4.22. The van der Waals surface area contributed by atoms with Gasteiger partial charge in [0.15, 0.2) is 0 Å². The van der Waals surface area contributed by atoms with Crippen molar-refractivity contribution in [2.75, 3.05) is 26.7 Å². The smallest absolute Gasteiger partial charge is 0.144 e. The van der Waals surface area contributed by atoms with Gasteiger partial charge in [0.2, 0.25) is 0 Å². The number of hydrogen-bond donors (Lipinski definition) is 1. The molecule has 2 rings (SSSR count). The molecule has 0 aliphatic carbocycles. The van der Waals surface area contributed by atoms with E-state index < -0.39 is 5.54 Å². The van der Waals surface area contributed by atoms with Gasteiger partial charge >= 0.3 is 0 Å². The van der Waals surface area contributed by atoms with Gasteiger partial charge in [0.05, 0.1) is 6.07 Å². The van der Waals surface area contributed by atoms with Crippen LogP contribution >= 0.6 is 0 Å². The highest BCUT2D eigenvalue weighted by Gasteiger charge is 2.33. The van der Waals surface area contributed by atoms with E-state index in [-0.39, 0.29) is 0 Å². The number of nitrogens with zero attached hydrogens (tertiary/aromatic N) is 2. The molecule has 1 unspecified atom stereocenters. The first-order chi connectivity index (χ1) is 9.20. The van der Waals surface area contributed by atoms with Gasteiger partial charge in [-0.3, -0.25) is 5.32 Å². The Balaban J connectivity index is 2.14. The lowest BCUT2D eigenvalue weighted by Crippen LogP contribution is -2.50. The van der Waals surface area contributed by atoms with Crippen molar-refractivity contribution in [1.29, 1.82) is 5.26 Å². The maximum atomic E-state index is 9.67. The highest BCUT2D eigenvalue weighted by molar-refractivity contribution is 5.32. The second kappa shape index (κ2) is 6.18. The average Bonchev–Trinajstić information content (AvgIpc) is 2.48. The molecule has 1 saturated heterocycles. The van der Waals surface area contributed by atoms with Crippen LogP contribution in [0, 0.1) is 17.2 Å². The molecule has 1 atom stereocenters. The fourth-order valence-electron chi connectivity index (χ4n) is 2.75. The Morgan fingerprint density at radius 2 is 1.95 bits per heavy atom. The lowest BCUT2D eigenvalue weighted by Gasteiger charge is -2.37. The summed E-state index contributed by atoms with van der Waals surface area (Å²) in [6.45, 7) is 5.26. The molecule has 0 amide bonds. The molecular weight excluding hydrogens is 234 g/mol. The Labute approximate surface area is 116 Å². The zero-order valence-electron chi connectivity index (χ0n) is 11.9. The lowest BCUT2D eigenvalue weighted by molar-refractivity contribution is 0.159. The summed E-state index contributed by atoms with van der Waals surface area (Å²) >= 11 is 0. The van der Waals surface area contributed by atoms with Crippen molar-refractivity contribution in [3.8, 4) is 6.07 Å². The molecule has 1 fully saturated rings. The molecule has 102 valence electrons. The summed E-state index contributed by atoms with van der Waals surface area (Å²) in [4.78, 5) is 2.41. The molecule has 0 spiro atoms. The van der Waals surface area contributed by atoms with Crippen LogP contribution in [0.15, 0.2) is 30.3 Å². The fraction of sp³-hybridized carbons (Fsp3) is 0.562. The summed E-state index contributed by atoms with van der Waals surface area (Å²) in [7, 11) is 1.88. The molecule has 0 saturated carbocycles. The topological polar surface area (TPSA) is 39.1 Å². The molecule has 1 aromatic rings. The average molecular weight is 257 g/mol. The second-order valence-corrected chi connectivity index (χ2v) is 5.59. The first-order valence-electron chi connectivity index (χ1n) is 7.08. The summed E-state index contributed by atoms with van der Waals surface area (Å²) in [5, 5.41) is 12.9. The number of benzene rings is 1. The molecule has 1 aromatic carbocycles. The van der Waals surface area contributed by atoms with Crippen LogP contribution < -0.4 is 5.32 Å². The van der Waals surface area contributed by atoms with Crippen molar-refractivity contribution >= 4 is 0 Å². The SMILES string of the molecule is CNC(C#N)(CN1CCC(C)CC1)c1ccccc1. The molecule has 1 aliphatic rings. The summed E-state index contributed by atoms with van der Waals surface area (Å²) in [6, 6.07) is 12.5. The van der Waals surface area contributed by atoms with Crippen LogP contribution in [0.25, 0.3) is 0 Å². The quantitative estimate of drug-likeness (QED) is 0.900. The van der Waals surface area contributed by atoms with Crippen LogP contribution in [-0.4, -0.2) is 31.6 Å². The first kappa shape index (κ1) is 14.0. The maximum absolute atomic E-state index is 9.67. The molecule has 1 N–H and O–H groups in total. The van der Waals surface area contributed by atoms with Gasteiger partial charge < -0.3 is 4.90 Å². The lowest BCUT2D eigenvalue weighted by atomic mass is 9.89. The van der Waals surface area contributed by atoms with E-state index in [9.17, 15) is 5.26 Å². The Bertz CT molecular complexity index is 429. The van der Waals surface area contributed by atoms with Gasteiger partial charge in [-0.1, -0.05) is 37.3 Å². The molecule has 1 heterocycles. The van der Waals surface area contributed by atoms with Gasteiger partial charge in [-0.25, -0.2) is 0 Å². The monoisotopic (exact) mass is 257 g/mol. The van der Waals surface area contributed by atoms with Crippen LogP contribution in [-0.2, 0) is 5.54 Å². The van der Waals surface area contributed by atoms with Gasteiger partial charge in [-0.05, 0) is 44.5 Å². The molecular formula is C16H23N3. The molecule has 0 aromatic heterocycles. The van der Waals surface area contributed by atoms with Crippen LogP contribution in [0.4, 0.5) is 0 Å². The van der Waals surface area contributed by atoms with E-state index in [0.717, 1.165) is 31.1 Å². The summed E-state index contributed by atoms with van der Waals surface area (Å²) in [6.07, 6.45) is 2.47. The largest absolute Gasteiger partial charge is 0.300 e. The predicted molar refractivity (Wildman–Crippen MR) is 77.6 cm³/mol. The minimum Gasteiger partial charge on any atom is -0.300 e. The van der Waals surface area contributed by atoms with E-state index in [2.05, 4.69) is 23.2 Å². The number of rotatable bonds is 4. The Hall–Kier alpha value is -1.37. The number of nitrogens with one attached hydrogen (secondary N) is 1. The van der Waals surface area contributed by atoms with Gasteiger partial charge in [-0.2, -0.15) is 5.26 Å². The molecule has 0 radical (unpaired) electrons. The van der Waals surface area contributed by atoms with Gasteiger partial charge in [-0.15, -0.1) is 0 Å². The summed E-state index contributed by atoms with van der Waals surface area (Å²) < 4.78 is 0. The summed E-state index contributed by atoms with van der Waals surface area (Å²) in [5.74, 6) is 0.819. The van der Waals surface area contributed by atoms with Gasteiger partial charge in [0.1, 0.15) is 5.54 Å². The van der Waals surface area contributed by atoms with Crippen LogP contribution in [0.1, 0.15) is 25.3 Å². The third kappa shape index (κ3) is 3.15. The summed E-state index contributed by atoms with van der Waals surface area (Å²) in [5.41, 5.74) is 0.459. The maximum Gasteiger partial charge on any atom is 0.144 e.